The lowest BCUT2D eigenvalue weighted by atomic mass is 10.0. The third-order valence-corrected chi connectivity index (χ3v) is 5.15. The number of carbonyl (C=O) groups excluding carboxylic acids is 2. The summed E-state index contributed by atoms with van der Waals surface area (Å²) >= 11 is 0. The van der Waals surface area contributed by atoms with Crippen LogP contribution in [0, 0.1) is 0 Å². The van der Waals surface area contributed by atoms with Crippen LogP contribution in [0.3, 0.4) is 0 Å². The molecule has 154 valence electrons. The molecule has 4 rings (SSSR count). The summed E-state index contributed by atoms with van der Waals surface area (Å²) in [5.74, 6) is 1.29. The molecule has 2 aliphatic heterocycles. The van der Waals surface area contributed by atoms with Gasteiger partial charge in [0.15, 0.2) is 17.2 Å². The number of piperidine rings is 1. The fourth-order valence-corrected chi connectivity index (χ4v) is 3.61. The molecule has 0 saturated carbocycles. The molecule has 2 aromatic rings. The Morgan fingerprint density at radius 2 is 1.97 bits per heavy atom. The van der Waals surface area contributed by atoms with Crippen molar-refractivity contribution in [1.82, 2.24) is 25.2 Å². The maximum atomic E-state index is 12.7. The molecule has 1 aromatic heterocycles. The fourth-order valence-electron chi connectivity index (χ4n) is 3.61. The van der Waals surface area contributed by atoms with Crippen LogP contribution in [-0.2, 0) is 11.2 Å². The molecule has 3 heterocycles. The first-order chi connectivity index (χ1) is 14.0. The number of fused-ring (bicyclic) bond motifs is 1. The van der Waals surface area contributed by atoms with Gasteiger partial charge in [-0.25, -0.2) is 4.68 Å². The maximum Gasteiger partial charge on any atom is 0.273 e. The summed E-state index contributed by atoms with van der Waals surface area (Å²) in [7, 11) is 0. The highest BCUT2D eigenvalue weighted by Gasteiger charge is 2.26. The predicted molar refractivity (Wildman–Crippen MR) is 104 cm³/mol. The van der Waals surface area contributed by atoms with Crippen LogP contribution in [0.1, 0.15) is 48.8 Å². The zero-order valence-electron chi connectivity index (χ0n) is 16.6. The van der Waals surface area contributed by atoms with Gasteiger partial charge in [0.2, 0.25) is 12.7 Å². The van der Waals surface area contributed by atoms with Crippen LogP contribution >= 0.6 is 0 Å². The molecule has 9 heteroatoms. The molecule has 0 bridgehead atoms. The normalized spacial score (nSPS) is 16.3. The molecule has 0 radical (unpaired) electrons. The van der Waals surface area contributed by atoms with E-state index in [9.17, 15) is 9.59 Å². The van der Waals surface area contributed by atoms with Gasteiger partial charge in [-0.3, -0.25) is 9.59 Å². The van der Waals surface area contributed by atoms with Gasteiger partial charge in [0, 0.05) is 19.1 Å². The average Bonchev–Trinajstić information content (AvgIpc) is 3.37. The van der Waals surface area contributed by atoms with E-state index < -0.39 is 0 Å². The Kier molecular flexibility index (Phi) is 5.37. The number of amides is 2. The van der Waals surface area contributed by atoms with Crippen LogP contribution in [0.15, 0.2) is 24.4 Å². The second-order valence-electron chi connectivity index (χ2n) is 7.69. The zero-order chi connectivity index (χ0) is 20.4. The molecule has 0 spiro atoms. The Labute approximate surface area is 169 Å². The largest absolute Gasteiger partial charge is 0.454 e. The van der Waals surface area contributed by atoms with Crippen molar-refractivity contribution in [3.8, 4) is 11.5 Å². The number of hydrogen-bond donors (Lipinski definition) is 1. The molecule has 29 heavy (non-hydrogen) atoms. The van der Waals surface area contributed by atoms with Crippen LogP contribution < -0.4 is 14.8 Å². The number of nitrogens with zero attached hydrogens (tertiary/aromatic N) is 4. The standard InChI is InChI=1S/C20H25N5O4/c1-13(2)21-20(27)16-11-25(23-22-16)15-5-7-24(8-6-15)19(26)10-14-3-4-17-18(9-14)29-12-28-17/h3-4,9,11,13,15H,5-8,10,12H2,1-2H3,(H,21,27). The molecular formula is C20H25N5O4. The second-order valence-corrected chi connectivity index (χ2v) is 7.69. The quantitative estimate of drug-likeness (QED) is 0.819. The maximum absolute atomic E-state index is 12.7. The van der Waals surface area contributed by atoms with Crippen molar-refractivity contribution in [3.05, 3.63) is 35.7 Å². The Morgan fingerprint density at radius 3 is 2.72 bits per heavy atom. The Balaban J connectivity index is 1.30. The predicted octanol–water partition coefficient (Wildman–Crippen LogP) is 1.55. The van der Waals surface area contributed by atoms with Crippen molar-refractivity contribution >= 4 is 11.8 Å². The summed E-state index contributed by atoms with van der Waals surface area (Å²) in [6, 6.07) is 5.79. The number of nitrogens with one attached hydrogen (secondary N) is 1. The van der Waals surface area contributed by atoms with Crippen molar-refractivity contribution < 1.29 is 19.1 Å². The smallest absolute Gasteiger partial charge is 0.273 e. The molecule has 1 aromatic carbocycles. The highest BCUT2D eigenvalue weighted by atomic mass is 16.7. The van der Waals surface area contributed by atoms with Gasteiger partial charge < -0.3 is 19.7 Å². The van der Waals surface area contributed by atoms with E-state index in [2.05, 4.69) is 15.6 Å². The van der Waals surface area contributed by atoms with Gasteiger partial charge in [-0.2, -0.15) is 0 Å². The molecule has 1 fully saturated rings. The number of rotatable bonds is 5. The summed E-state index contributed by atoms with van der Waals surface area (Å²) in [5, 5.41) is 10.9. The van der Waals surface area contributed by atoms with Gasteiger partial charge in [-0.05, 0) is 44.4 Å². The summed E-state index contributed by atoms with van der Waals surface area (Å²) < 4.78 is 12.4. The first-order valence-corrected chi connectivity index (χ1v) is 9.88. The van der Waals surface area contributed by atoms with Crippen molar-refractivity contribution in [3.63, 3.8) is 0 Å². The summed E-state index contributed by atoms with van der Waals surface area (Å²) in [5.41, 5.74) is 1.23. The lowest BCUT2D eigenvalue weighted by molar-refractivity contribution is -0.131. The van der Waals surface area contributed by atoms with E-state index >= 15 is 0 Å². The SMILES string of the molecule is CC(C)NC(=O)c1cn(C2CCN(C(=O)Cc3ccc4c(c3)OCO4)CC2)nn1. The van der Waals surface area contributed by atoms with Gasteiger partial charge in [-0.15, -0.1) is 5.10 Å². The number of likely N-dealkylation sites (tertiary alicyclic amines) is 1. The molecule has 2 aliphatic rings. The minimum absolute atomic E-state index is 0.0478. The second kappa shape index (κ2) is 8.10. The third-order valence-electron chi connectivity index (χ3n) is 5.15. The monoisotopic (exact) mass is 399 g/mol. The van der Waals surface area contributed by atoms with Crippen molar-refractivity contribution in [2.75, 3.05) is 19.9 Å². The van der Waals surface area contributed by atoms with E-state index in [1.54, 1.807) is 10.9 Å². The summed E-state index contributed by atoms with van der Waals surface area (Å²) in [6.45, 7) is 5.34. The van der Waals surface area contributed by atoms with Gasteiger partial charge in [0.25, 0.3) is 5.91 Å². The molecule has 0 unspecified atom stereocenters. The fraction of sp³-hybridized carbons (Fsp3) is 0.500. The highest BCUT2D eigenvalue weighted by molar-refractivity contribution is 5.92. The number of carbonyl (C=O) groups is 2. The van der Waals surface area contributed by atoms with Gasteiger partial charge in [0.05, 0.1) is 18.7 Å². The molecule has 1 N–H and O–H groups in total. The Hall–Kier alpha value is -3.10. The highest BCUT2D eigenvalue weighted by Crippen LogP contribution is 2.32. The molecule has 0 aliphatic carbocycles. The molecule has 0 atom stereocenters. The minimum Gasteiger partial charge on any atom is -0.454 e. The first kappa shape index (κ1) is 19.2. The number of aromatic nitrogens is 3. The topological polar surface area (TPSA) is 98.6 Å². The van der Waals surface area contributed by atoms with Crippen molar-refractivity contribution in [2.24, 2.45) is 0 Å². The van der Waals surface area contributed by atoms with E-state index in [0.717, 1.165) is 24.2 Å². The minimum atomic E-state index is -0.220. The van der Waals surface area contributed by atoms with E-state index in [0.29, 0.717) is 31.0 Å². The van der Waals surface area contributed by atoms with Crippen molar-refractivity contribution in [1.29, 1.82) is 0 Å². The van der Waals surface area contributed by atoms with Crippen molar-refractivity contribution in [2.45, 2.75) is 45.2 Å². The van der Waals surface area contributed by atoms with E-state index in [-0.39, 0.29) is 30.7 Å². The number of hydrogen-bond acceptors (Lipinski definition) is 6. The van der Waals surface area contributed by atoms with Gasteiger partial charge in [-0.1, -0.05) is 11.3 Å². The molecular weight excluding hydrogens is 374 g/mol. The van der Waals surface area contributed by atoms with E-state index in [4.69, 9.17) is 9.47 Å². The lowest BCUT2D eigenvalue weighted by Crippen LogP contribution is -2.40. The first-order valence-electron chi connectivity index (χ1n) is 9.88. The molecule has 9 nitrogen and oxygen atoms in total. The van der Waals surface area contributed by atoms with Crippen LogP contribution in [0.2, 0.25) is 0 Å². The number of ether oxygens (including phenoxy) is 2. The van der Waals surface area contributed by atoms with Crippen LogP contribution in [0.25, 0.3) is 0 Å². The van der Waals surface area contributed by atoms with Gasteiger partial charge >= 0.3 is 0 Å². The molecule has 1 saturated heterocycles. The number of benzene rings is 1. The van der Waals surface area contributed by atoms with Crippen LogP contribution in [-0.4, -0.2) is 57.6 Å². The Bertz CT molecular complexity index is 902. The van der Waals surface area contributed by atoms with Crippen LogP contribution in [0.5, 0.6) is 11.5 Å². The zero-order valence-corrected chi connectivity index (χ0v) is 16.6. The van der Waals surface area contributed by atoms with E-state index in [1.807, 2.05) is 36.9 Å². The molecule has 2 amide bonds. The summed E-state index contributed by atoms with van der Waals surface area (Å²) in [4.78, 5) is 26.6. The Morgan fingerprint density at radius 1 is 1.21 bits per heavy atom. The summed E-state index contributed by atoms with van der Waals surface area (Å²) in [6.07, 6.45) is 3.58. The lowest BCUT2D eigenvalue weighted by Gasteiger charge is -2.32. The van der Waals surface area contributed by atoms with E-state index in [1.165, 1.54) is 0 Å². The van der Waals surface area contributed by atoms with Crippen LogP contribution in [0.4, 0.5) is 0 Å². The average molecular weight is 399 g/mol. The third kappa shape index (κ3) is 4.33. The van der Waals surface area contributed by atoms with Gasteiger partial charge in [0.1, 0.15) is 0 Å².